The number of hydrogen-bond donors (Lipinski definition) is 1. The predicted octanol–water partition coefficient (Wildman–Crippen LogP) is 6.05. The van der Waals surface area contributed by atoms with Crippen LogP contribution in [0.2, 0.25) is 5.02 Å². The number of nitrogens with zero attached hydrogens (tertiary/aromatic N) is 3. The first-order valence-electron chi connectivity index (χ1n) is 15.0. The van der Waals surface area contributed by atoms with E-state index in [0.717, 1.165) is 16.3 Å². The number of benzene rings is 3. The van der Waals surface area contributed by atoms with Gasteiger partial charge in [0.2, 0.25) is 5.89 Å². The van der Waals surface area contributed by atoms with Gasteiger partial charge in [-0.25, -0.2) is 17.7 Å². The topological polar surface area (TPSA) is 114 Å². The summed E-state index contributed by atoms with van der Waals surface area (Å²) in [7, 11) is -1.37. The molecule has 10 nitrogen and oxygen atoms in total. The maximum Gasteiger partial charge on any atom is 0.271 e. The Balaban J connectivity index is 1.64. The smallest absolute Gasteiger partial charge is 0.271 e. The highest BCUT2D eigenvalue weighted by Crippen LogP contribution is 2.56. The molecule has 0 spiro atoms. The molecule has 0 radical (unpaired) electrons. The third kappa shape index (κ3) is 5.34. The van der Waals surface area contributed by atoms with Crippen LogP contribution in [-0.2, 0) is 26.9 Å². The van der Waals surface area contributed by atoms with Gasteiger partial charge in [0.15, 0.2) is 5.54 Å². The molecule has 46 heavy (non-hydrogen) atoms. The first-order valence-corrected chi connectivity index (χ1v) is 16.9. The SMILES string of the molecule is COc1ccc(S(=O)(=O)N2C(=O)C(c3cc(CNC(C)(C)C)ccc3OC)(N3CCC[C@H]3c3ncco3)c3cc(Cl)ccc32)cc1. The van der Waals surface area contributed by atoms with Crippen molar-refractivity contribution in [1.82, 2.24) is 15.2 Å². The van der Waals surface area contributed by atoms with Crippen molar-refractivity contribution in [3.05, 3.63) is 101 Å². The predicted molar refractivity (Wildman–Crippen MR) is 175 cm³/mol. The Morgan fingerprint density at radius 2 is 1.80 bits per heavy atom. The number of likely N-dealkylation sites (tertiary alicyclic amines) is 1. The number of aromatic nitrogens is 1. The number of oxazole rings is 1. The monoisotopic (exact) mass is 664 g/mol. The molecule has 2 aliphatic rings. The largest absolute Gasteiger partial charge is 0.497 e. The van der Waals surface area contributed by atoms with Crippen LogP contribution in [0.3, 0.4) is 0 Å². The zero-order chi connectivity index (χ0) is 32.9. The molecule has 2 aliphatic heterocycles. The van der Waals surface area contributed by atoms with Gasteiger partial charge in [0.25, 0.3) is 15.9 Å². The minimum Gasteiger partial charge on any atom is -0.497 e. The third-order valence-corrected chi connectivity index (χ3v) is 10.5. The number of rotatable bonds is 9. The number of anilines is 1. The molecule has 1 aromatic heterocycles. The van der Waals surface area contributed by atoms with Gasteiger partial charge < -0.3 is 19.2 Å². The standard InChI is InChI=1S/C34H37ClN4O6S/c1-33(2,3)37-21-22-8-15-30(44-5)27(19-22)34(38-17-6-7-29(38)31-36-16-18-45-31)26-20-23(35)9-14-28(26)39(32(34)40)46(41,42)25-12-10-24(43-4)11-13-25/h8-16,18-20,29,37H,6-7,17,21H2,1-5H3/t29-,34?/m0/s1. The minimum absolute atomic E-state index is 0.0564. The van der Waals surface area contributed by atoms with Crippen molar-refractivity contribution in [3.8, 4) is 11.5 Å². The number of nitrogens with one attached hydrogen (secondary N) is 1. The van der Waals surface area contributed by atoms with Gasteiger partial charge in [-0.15, -0.1) is 0 Å². The first kappa shape index (κ1) is 32.1. The highest BCUT2D eigenvalue weighted by atomic mass is 35.5. The van der Waals surface area contributed by atoms with Gasteiger partial charge in [-0.1, -0.05) is 17.7 Å². The quantitative estimate of drug-likeness (QED) is 0.228. The van der Waals surface area contributed by atoms with E-state index in [-0.39, 0.29) is 16.1 Å². The van der Waals surface area contributed by atoms with E-state index in [9.17, 15) is 8.42 Å². The molecular formula is C34H37ClN4O6S. The van der Waals surface area contributed by atoms with Crippen molar-refractivity contribution >= 4 is 33.2 Å². The summed E-state index contributed by atoms with van der Waals surface area (Å²) >= 11 is 6.66. The van der Waals surface area contributed by atoms with Crippen molar-refractivity contribution < 1.29 is 27.1 Å². The Labute approximate surface area is 274 Å². The Hall–Kier alpha value is -3.90. The highest BCUT2D eigenvalue weighted by molar-refractivity contribution is 7.93. The Bertz CT molecular complexity index is 1860. The second-order valence-corrected chi connectivity index (χ2v) is 14.7. The van der Waals surface area contributed by atoms with E-state index < -0.39 is 27.5 Å². The first-order chi connectivity index (χ1) is 21.9. The molecule has 0 saturated carbocycles. The Morgan fingerprint density at radius 3 is 2.46 bits per heavy atom. The average Bonchev–Trinajstić information content (AvgIpc) is 3.78. The lowest BCUT2D eigenvalue weighted by molar-refractivity contribution is -0.127. The number of amides is 1. The molecule has 1 fully saturated rings. The van der Waals surface area contributed by atoms with Crippen LogP contribution >= 0.6 is 11.6 Å². The summed E-state index contributed by atoms with van der Waals surface area (Å²) in [6, 6.07) is 16.1. The van der Waals surface area contributed by atoms with Crippen LogP contribution in [0.4, 0.5) is 5.69 Å². The fourth-order valence-corrected chi connectivity index (χ4v) is 8.10. The summed E-state index contributed by atoms with van der Waals surface area (Å²) in [5.74, 6) is 0.692. The van der Waals surface area contributed by atoms with Gasteiger partial charge in [-0.2, -0.15) is 0 Å². The summed E-state index contributed by atoms with van der Waals surface area (Å²) < 4.78 is 46.9. The van der Waals surface area contributed by atoms with Crippen LogP contribution in [0.15, 0.2) is 82.4 Å². The summed E-state index contributed by atoms with van der Waals surface area (Å²) in [4.78, 5) is 21.9. The summed E-state index contributed by atoms with van der Waals surface area (Å²) in [5.41, 5.74) is 0.198. The zero-order valence-corrected chi connectivity index (χ0v) is 28.0. The summed E-state index contributed by atoms with van der Waals surface area (Å²) in [6.07, 6.45) is 4.43. The molecule has 2 atom stereocenters. The highest BCUT2D eigenvalue weighted by Gasteiger charge is 2.62. The molecule has 0 aliphatic carbocycles. The number of methoxy groups -OCH3 is 2. The van der Waals surface area contributed by atoms with E-state index >= 15 is 4.79 Å². The van der Waals surface area contributed by atoms with Crippen LogP contribution in [0.25, 0.3) is 0 Å². The molecule has 3 heterocycles. The summed E-state index contributed by atoms with van der Waals surface area (Å²) in [5, 5.41) is 3.87. The number of ether oxygens (including phenoxy) is 2. The number of hydrogen-bond acceptors (Lipinski definition) is 9. The fraction of sp³-hybridized carbons (Fsp3) is 0.353. The van der Waals surface area contributed by atoms with Crippen molar-refractivity contribution in [2.75, 3.05) is 25.1 Å². The number of carbonyl (C=O) groups excluding carboxylic acids is 1. The lowest BCUT2D eigenvalue weighted by Gasteiger charge is -2.41. The van der Waals surface area contributed by atoms with E-state index in [1.807, 2.05) is 23.1 Å². The Kier molecular flexibility index (Phi) is 8.39. The maximum atomic E-state index is 15.5. The van der Waals surface area contributed by atoms with Gasteiger partial charge in [0, 0.05) is 34.8 Å². The second-order valence-electron chi connectivity index (χ2n) is 12.5. The summed E-state index contributed by atoms with van der Waals surface area (Å²) in [6.45, 7) is 7.18. The molecule has 4 aromatic rings. The van der Waals surface area contributed by atoms with E-state index in [1.54, 1.807) is 43.6 Å². The van der Waals surface area contributed by atoms with Crippen molar-refractivity contribution in [2.24, 2.45) is 0 Å². The molecular weight excluding hydrogens is 628 g/mol. The van der Waals surface area contributed by atoms with E-state index in [0.29, 0.717) is 53.0 Å². The van der Waals surface area contributed by atoms with Crippen LogP contribution in [0, 0.1) is 0 Å². The van der Waals surface area contributed by atoms with Crippen LogP contribution in [-0.4, -0.2) is 50.5 Å². The number of sulfonamides is 1. The van der Waals surface area contributed by atoms with Crippen molar-refractivity contribution in [1.29, 1.82) is 0 Å². The average molecular weight is 665 g/mol. The van der Waals surface area contributed by atoms with Gasteiger partial charge in [0.05, 0.1) is 37.0 Å². The molecule has 242 valence electrons. The number of carbonyl (C=O) groups is 1. The van der Waals surface area contributed by atoms with Gasteiger partial charge >= 0.3 is 0 Å². The zero-order valence-electron chi connectivity index (χ0n) is 26.4. The van der Waals surface area contributed by atoms with Crippen LogP contribution in [0.5, 0.6) is 11.5 Å². The Morgan fingerprint density at radius 1 is 1.04 bits per heavy atom. The lowest BCUT2D eigenvalue weighted by atomic mass is 9.80. The number of halogens is 1. The molecule has 1 saturated heterocycles. The van der Waals surface area contributed by atoms with E-state index in [1.165, 1.54) is 25.5 Å². The molecule has 6 rings (SSSR count). The molecule has 1 unspecified atom stereocenters. The van der Waals surface area contributed by atoms with Crippen LogP contribution < -0.4 is 19.1 Å². The van der Waals surface area contributed by atoms with E-state index in [4.69, 9.17) is 25.5 Å². The number of fused-ring (bicyclic) bond motifs is 1. The maximum absolute atomic E-state index is 15.5. The van der Waals surface area contributed by atoms with Gasteiger partial charge in [0.1, 0.15) is 17.8 Å². The molecule has 12 heteroatoms. The third-order valence-electron chi connectivity index (χ3n) is 8.56. The lowest BCUT2D eigenvalue weighted by Crippen LogP contribution is -2.54. The molecule has 1 amide bonds. The molecule has 3 aromatic carbocycles. The molecule has 1 N–H and O–H groups in total. The van der Waals surface area contributed by atoms with E-state index in [2.05, 4.69) is 31.1 Å². The minimum atomic E-state index is -4.41. The van der Waals surface area contributed by atoms with Crippen molar-refractivity contribution in [3.63, 3.8) is 0 Å². The second kappa shape index (κ2) is 12.0. The van der Waals surface area contributed by atoms with Crippen molar-refractivity contribution in [2.45, 2.75) is 62.2 Å². The fourth-order valence-electron chi connectivity index (χ4n) is 6.47. The van der Waals surface area contributed by atoms with Crippen LogP contribution in [0.1, 0.15) is 62.2 Å². The van der Waals surface area contributed by atoms with Gasteiger partial charge in [-0.05, 0) is 93.8 Å². The van der Waals surface area contributed by atoms with Gasteiger partial charge in [-0.3, -0.25) is 9.69 Å². The molecule has 0 bridgehead atoms. The normalized spacial score (nSPS) is 20.3.